The van der Waals surface area contributed by atoms with Crippen LogP contribution < -0.4 is 10.6 Å². The van der Waals surface area contributed by atoms with Gasteiger partial charge in [0, 0.05) is 23.5 Å². The number of carbonyl (C=O) groups excluding carboxylic acids is 1. The van der Waals surface area contributed by atoms with Gasteiger partial charge in [-0.15, -0.1) is 0 Å². The minimum Gasteiger partial charge on any atom is -0.345 e. The van der Waals surface area contributed by atoms with Crippen LogP contribution in [0.2, 0.25) is 5.02 Å². The molecule has 2 aliphatic rings. The fourth-order valence-corrected chi connectivity index (χ4v) is 4.61. The Bertz CT molecular complexity index is 734. The van der Waals surface area contributed by atoms with Gasteiger partial charge in [0.15, 0.2) is 0 Å². The zero-order chi connectivity index (χ0) is 17.9. The lowest BCUT2D eigenvalue weighted by molar-refractivity contribution is -0.122. The average molecular weight is 369 g/mol. The van der Waals surface area contributed by atoms with Gasteiger partial charge in [-0.2, -0.15) is 0 Å². The molecule has 2 aromatic rings. The molecule has 2 heterocycles. The highest BCUT2D eigenvalue weighted by molar-refractivity contribution is 6.30. The Kier molecular flexibility index (Phi) is 5.28. The van der Waals surface area contributed by atoms with Crippen molar-refractivity contribution in [2.24, 2.45) is 5.92 Å². The van der Waals surface area contributed by atoms with Gasteiger partial charge in [-0.1, -0.05) is 54.1 Å². The summed E-state index contributed by atoms with van der Waals surface area (Å²) in [5, 5.41) is 7.62. The summed E-state index contributed by atoms with van der Waals surface area (Å²) in [6.07, 6.45) is 5.40. The van der Waals surface area contributed by atoms with Gasteiger partial charge < -0.3 is 10.6 Å². The maximum Gasteiger partial charge on any atom is 0.221 e. The van der Waals surface area contributed by atoms with E-state index in [2.05, 4.69) is 22.8 Å². The van der Waals surface area contributed by atoms with Crippen LogP contribution in [0.3, 0.4) is 0 Å². The van der Waals surface area contributed by atoms with Crippen LogP contribution in [0.15, 0.2) is 54.6 Å². The number of hydrogen-bond acceptors (Lipinski definition) is 2. The number of piperidine rings is 1. The molecule has 2 saturated heterocycles. The van der Waals surface area contributed by atoms with Crippen LogP contribution in [-0.4, -0.2) is 18.0 Å². The van der Waals surface area contributed by atoms with Crippen molar-refractivity contribution in [2.45, 2.75) is 50.2 Å². The Hall–Kier alpha value is -1.84. The van der Waals surface area contributed by atoms with Crippen molar-refractivity contribution in [3.8, 4) is 0 Å². The Labute approximate surface area is 160 Å². The van der Waals surface area contributed by atoms with E-state index in [1.54, 1.807) is 0 Å². The summed E-state index contributed by atoms with van der Waals surface area (Å²) >= 11 is 6.04. The minimum absolute atomic E-state index is 0.139. The summed E-state index contributed by atoms with van der Waals surface area (Å²) < 4.78 is 0. The molecule has 0 radical (unpaired) electrons. The number of fused-ring (bicyclic) bond motifs is 2. The Morgan fingerprint density at radius 1 is 1.00 bits per heavy atom. The first-order chi connectivity index (χ1) is 12.7. The number of hydrogen-bond donors (Lipinski definition) is 2. The van der Waals surface area contributed by atoms with Crippen LogP contribution in [0.25, 0.3) is 0 Å². The fraction of sp³-hybridized carbons (Fsp3) is 0.409. The van der Waals surface area contributed by atoms with Gasteiger partial charge in [-0.05, 0) is 54.9 Å². The zero-order valence-corrected chi connectivity index (χ0v) is 15.6. The summed E-state index contributed by atoms with van der Waals surface area (Å²) in [5.74, 6) is 0.635. The molecule has 2 aromatic carbocycles. The third-order valence-electron chi connectivity index (χ3n) is 5.69. The number of amides is 1. The maximum atomic E-state index is 12.8. The molecule has 3 unspecified atom stereocenters. The summed E-state index contributed by atoms with van der Waals surface area (Å²) in [6.45, 7) is 0. The molecule has 4 heteroatoms. The Morgan fingerprint density at radius 3 is 2.27 bits per heavy atom. The predicted octanol–water partition coefficient (Wildman–Crippen LogP) is 4.47. The topological polar surface area (TPSA) is 41.1 Å². The van der Waals surface area contributed by atoms with Crippen LogP contribution in [-0.2, 0) is 4.79 Å². The van der Waals surface area contributed by atoms with Crippen molar-refractivity contribution >= 4 is 17.5 Å². The van der Waals surface area contributed by atoms with E-state index >= 15 is 0 Å². The third kappa shape index (κ3) is 4.11. The molecule has 4 rings (SSSR count). The lowest BCUT2D eigenvalue weighted by Crippen LogP contribution is -2.40. The van der Waals surface area contributed by atoms with Crippen LogP contribution in [0.5, 0.6) is 0 Å². The van der Waals surface area contributed by atoms with Gasteiger partial charge >= 0.3 is 0 Å². The van der Waals surface area contributed by atoms with E-state index in [0.717, 1.165) is 24.0 Å². The molecule has 0 saturated carbocycles. The second-order valence-corrected chi connectivity index (χ2v) is 8.08. The van der Waals surface area contributed by atoms with E-state index in [0.29, 0.717) is 29.4 Å². The van der Waals surface area contributed by atoms with Crippen molar-refractivity contribution in [1.29, 1.82) is 0 Å². The summed E-state index contributed by atoms with van der Waals surface area (Å²) in [4.78, 5) is 12.8. The van der Waals surface area contributed by atoms with Gasteiger partial charge in [-0.25, -0.2) is 0 Å². The Morgan fingerprint density at radius 2 is 1.62 bits per heavy atom. The largest absolute Gasteiger partial charge is 0.345 e. The van der Waals surface area contributed by atoms with Gasteiger partial charge in [0.05, 0.1) is 6.04 Å². The molecule has 1 amide bonds. The number of benzene rings is 2. The van der Waals surface area contributed by atoms with Crippen LogP contribution in [0.4, 0.5) is 0 Å². The summed E-state index contributed by atoms with van der Waals surface area (Å²) in [7, 11) is 0. The van der Waals surface area contributed by atoms with E-state index in [9.17, 15) is 4.79 Å². The monoisotopic (exact) mass is 368 g/mol. The van der Waals surface area contributed by atoms with Crippen LogP contribution in [0, 0.1) is 5.92 Å². The summed E-state index contributed by atoms with van der Waals surface area (Å²) in [6, 6.07) is 19.0. The standard InChI is InChI=1S/C22H25ClN2O/c23-18-8-6-17(7-9-18)22(16-4-2-1-3-5-16)25-21(26)14-15-12-19-10-11-20(13-15)24-19/h1-9,15,19-20,22,24H,10-14H2,(H,25,26). The highest BCUT2D eigenvalue weighted by Crippen LogP contribution is 2.33. The highest BCUT2D eigenvalue weighted by atomic mass is 35.5. The number of rotatable bonds is 5. The maximum absolute atomic E-state index is 12.8. The van der Waals surface area contributed by atoms with Crippen LogP contribution in [0.1, 0.15) is 49.3 Å². The van der Waals surface area contributed by atoms with Crippen molar-refractivity contribution in [3.05, 3.63) is 70.7 Å². The molecule has 2 bridgehead atoms. The fourth-order valence-electron chi connectivity index (χ4n) is 4.48. The molecule has 0 aromatic heterocycles. The second-order valence-electron chi connectivity index (χ2n) is 7.64. The normalized spacial score (nSPS) is 25.7. The van der Waals surface area contributed by atoms with E-state index < -0.39 is 0 Å². The van der Waals surface area contributed by atoms with Gasteiger partial charge in [0.2, 0.25) is 5.91 Å². The third-order valence-corrected chi connectivity index (χ3v) is 5.94. The van der Waals surface area contributed by atoms with Crippen molar-refractivity contribution in [1.82, 2.24) is 10.6 Å². The van der Waals surface area contributed by atoms with E-state index in [1.165, 1.54) is 12.8 Å². The van der Waals surface area contributed by atoms with Crippen LogP contribution >= 0.6 is 11.6 Å². The smallest absolute Gasteiger partial charge is 0.221 e. The first-order valence-electron chi connectivity index (χ1n) is 9.53. The quantitative estimate of drug-likeness (QED) is 0.817. The average Bonchev–Trinajstić information content (AvgIpc) is 3.00. The number of halogens is 1. The molecule has 26 heavy (non-hydrogen) atoms. The highest BCUT2D eigenvalue weighted by Gasteiger charge is 2.34. The molecule has 0 spiro atoms. The molecular formula is C22H25ClN2O. The minimum atomic E-state index is -0.139. The van der Waals surface area contributed by atoms with Gasteiger partial charge in [0.25, 0.3) is 0 Å². The summed E-state index contributed by atoms with van der Waals surface area (Å²) in [5.41, 5.74) is 2.15. The lowest BCUT2D eigenvalue weighted by atomic mass is 9.89. The van der Waals surface area contributed by atoms with Gasteiger partial charge in [-0.3, -0.25) is 4.79 Å². The van der Waals surface area contributed by atoms with E-state index in [4.69, 9.17) is 11.6 Å². The van der Waals surface area contributed by atoms with E-state index in [-0.39, 0.29) is 11.9 Å². The molecule has 2 N–H and O–H groups in total. The molecule has 0 aliphatic carbocycles. The number of carbonyl (C=O) groups is 1. The lowest BCUT2D eigenvalue weighted by Gasteiger charge is -2.29. The van der Waals surface area contributed by atoms with Crippen molar-refractivity contribution in [3.63, 3.8) is 0 Å². The molecule has 3 nitrogen and oxygen atoms in total. The number of nitrogens with one attached hydrogen (secondary N) is 2. The molecule has 2 aliphatic heterocycles. The van der Waals surface area contributed by atoms with Gasteiger partial charge in [0.1, 0.15) is 0 Å². The second kappa shape index (κ2) is 7.81. The van der Waals surface area contributed by atoms with E-state index in [1.807, 2.05) is 42.5 Å². The first kappa shape index (κ1) is 17.6. The Balaban J connectivity index is 1.47. The molecule has 2 fully saturated rings. The predicted molar refractivity (Wildman–Crippen MR) is 105 cm³/mol. The SMILES string of the molecule is O=C(CC1CC2CCC(C1)N2)NC(c1ccccc1)c1ccc(Cl)cc1. The molecule has 3 atom stereocenters. The zero-order valence-electron chi connectivity index (χ0n) is 14.8. The van der Waals surface area contributed by atoms with Crippen molar-refractivity contribution < 1.29 is 4.79 Å². The first-order valence-corrected chi connectivity index (χ1v) is 9.91. The molecular weight excluding hydrogens is 344 g/mol. The van der Waals surface area contributed by atoms with Crippen molar-refractivity contribution in [2.75, 3.05) is 0 Å². The molecule has 136 valence electrons.